The third-order valence-corrected chi connectivity index (χ3v) is 7.12. The van der Waals surface area contributed by atoms with Crippen molar-refractivity contribution in [1.82, 2.24) is 0 Å². The van der Waals surface area contributed by atoms with E-state index in [1.54, 1.807) is 0 Å². The van der Waals surface area contributed by atoms with E-state index in [0.29, 0.717) is 24.7 Å². The number of ether oxygens (including phenoxy) is 6. The first-order chi connectivity index (χ1) is 24.5. The third kappa shape index (κ3) is 15.7. The lowest BCUT2D eigenvalue weighted by Gasteiger charge is -2.14. The lowest BCUT2D eigenvalue weighted by molar-refractivity contribution is 0.0626. The molecule has 2 aliphatic rings. The number of benzene rings is 4. The van der Waals surface area contributed by atoms with Gasteiger partial charge in [0.1, 0.15) is 61.6 Å². The van der Waals surface area contributed by atoms with Crippen LogP contribution in [0.2, 0.25) is 0 Å². The van der Waals surface area contributed by atoms with Crippen molar-refractivity contribution in [2.45, 2.75) is 93.2 Å². The largest absolute Gasteiger partial charge is 0.491 e. The van der Waals surface area contributed by atoms with Gasteiger partial charge in [-0.1, -0.05) is 104 Å². The molecule has 4 aromatic carbocycles. The minimum absolute atomic E-state index is 0.148. The summed E-state index contributed by atoms with van der Waals surface area (Å²) in [5.74, 6) is 2.63. The maximum absolute atomic E-state index is 10.4. The molecule has 0 aliphatic carbocycles. The van der Waals surface area contributed by atoms with E-state index in [9.17, 15) is 5.11 Å². The predicted octanol–water partition coefficient (Wildman–Crippen LogP) is 9.69. The molecule has 50 heavy (non-hydrogen) atoms. The Kier molecular flexibility index (Phi) is 19.7. The van der Waals surface area contributed by atoms with Crippen molar-refractivity contribution in [3.63, 3.8) is 0 Å². The Morgan fingerprint density at radius 2 is 0.900 bits per heavy atom. The summed E-state index contributed by atoms with van der Waals surface area (Å²) in [4.78, 5) is 0. The molecule has 1 N–H and O–H groups in total. The molecule has 6 rings (SSSR count). The monoisotopic (exact) mass is 688 g/mol. The molecule has 3 atom stereocenters. The van der Waals surface area contributed by atoms with Gasteiger partial charge in [0.2, 0.25) is 5.79 Å². The van der Waals surface area contributed by atoms with Crippen molar-refractivity contribution in [2.24, 2.45) is 0 Å². The first kappa shape index (κ1) is 42.1. The van der Waals surface area contributed by atoms with Crippen LogP contribution in [0.3, 0.4) is 0 Å². The van der Waals surface area contributed by atoms with E-state index in [1.807, 2.05) is 135 Å². The fourth-order valence-corrected chi connectivity index (χ4v) is 4.45. The zero-order chi connectivity index (χ0) is 36.8. The molecule has 0 saturated carbocycles. The van der Waals surface area contributed by atoms with E-state index >= 15 is 0 Å². The zero-order valence-electron chi connectivity index (χ0n) is 31.7. The molecule has 0 amide bonds. The van der Waals surface area contributed by atoms with Crippen molar-refractivity contribution < 1.29 is 33.5 Å². The Balaban J connectivity index is 0.00000101. The Bertz CT molecular complexity index is 1410. The summed E-state index contributed by atoms with van der Waals surface area (Å²) in [5, 5.41) is 10.4. The molecule has 2 heterocycles. The highest BCUT2D eigenvalue weighted by molar-refractivity contribution is 5.35. The second-order valence-corrected chi connectivity index (χ2v) is 11.0. The van der Waals surface area contributed by atoms with E-state index in [-0.39, 0.29) is 19.3 Å². The van der Waals surface area contributed by atoms with Crippen LogP contribution >= 0.6 is 0 Å². The maximum Gasteiger partial charge on any atom is 0.231 e. The van der Waals surface area contributed by atoms with Crippen molar-refractivity contribution in [1.29, 1.82) is 0 Å². The molecule has 7 heteroatoms. The first-order valence-electron chi connectivity index (χ1n) is 18.3. The Morgan fingerprint density at radius 1 is 0.580 bits per heavy atom. The Morgan fingerprint density at radius 3 is 1.22 bits per heavy atom. The van der Waals surface area contributed by atoms with Gasteiger partial charge >= 0.3 is 0 Å². The number of hydrogen-bond donors (Lipinski definition) is 1. The fraction of sp³-hybridized carbons (Fsp3) is 0.442. The van der Waals surface area contributed by atoms with Gasteiger partial charge in [0.15, 0.2) is 0 Å². The molecular weight excluding hydrogens is 628 g/mol. The predicted molar refractivity (Wildman–Crippen MR) is 204 cm³/mol. The maximum atomic E-state index is 10.4. The summed E-state index contributed by atoms with van der Waals surface area (Å²) < 4.78 is 33.5. The summed E-state index contributed by atoms with van der Waals surface area (Å²) >= 11 is 0. The minimum atomic E-state index is -0.749. The molecule has 7 nitrogen and oxygen atoms in total. The minimum Gasteiger partial charge on any atom is -0.491 e. The van der Waals surface area contributed by atoms with Crippen molar-refractivity contribution in [3.05, 3.63) is 119 Å². The van der Waals surface area contributed by atoms with Crippen LogP contribution in [0.15, 0.2) is 97.1 Å². The SMILES string of the molecule is CC.CC.CC.CC.CC1(Oc2ccc(Cc3ccc(OCC(O)COc4ccc(Cc5ccc(OCC6CO6)cc5)cc4)cc3)cc2)CO1. The molecular formula is C43H60O7. The van der Waals surface area contributed by atoms with Crippen LogP contribution in [0.25, 0.3) is 0 Å². The van der Waals surface area contributed by atoms with Gasteiger partial charge in [-0.15, -0.1) is 0 Å². The molecule has 2 aliphatic heterocycles. The van der Waals surface area contributed by atoms with Crippen molar-refractivity contribution in [2.75, 3.05) is 33.0 Å². The number of rotatable bonds is 15. The second kappa shape index (κ2) is 23.4. The highest BCUT2D eigenvalue weighted by atomic mass is 16.8. The van der Waals surface area contributed by atoms with Crippen LogP contribution < -0.4 is 18.9 Å². The molecule has 0 aromatic heterocycles. The van der Waals surface area contributed by atoms with Gasteiger partial charge in [0.25, 0.3) is 0 Å². The smallest absolute Gasteiger partial charge is 0.231 e. The number of aliphatic hydroxyl groups is 1. The first-order valence-corrected chi connectivity index (χ1v) is 18.3. The summed E-state index contributed by atoms with van der Waals surface area (Å²) in [5.41, 5.74) is 4.75. The van der Waals surface area contributed by atoms with E-state index < -0.39 is 11.9 Å². The average molecular weight is 689 g/mol. The molecule has 0 spiro atoms. The number of hydrogen-bond acceptors (Lipinski definition) is 7. The van der Waals surface area contributed by atoms with Crippen molar-refractivity contribution in [3.8, 4) is 23.0 Å². The average Bonchev–Trinajstić information content (AvgIpc) is 4.13. The lowest BCUT2D eigenvalue weighted by Crippen LogP contribution is -2.25. The van der Waals surface area contributed by atoms with E-state index in [4.69, 9.17) is 28.4 Å². The van der Waals surface area contributed by atoms with Crippen LogP contribution in [0.5, 0.6) is 23.0 Å². The lowest BCUT2D eigenvalue weighted by atomic mass is 10.0. The summed E-state index contributed by atoms with van der Waals surface area (Å²) in [6, 6.07) is 32.1. The van der Waals surface area contributed by atoms with Gasteiger partial charge < -0.3 is 33.5 Å². The molecule has 0 bridgehead atoms. The molecule has 4 aromatic rings. The quantitative estimate of drug-likeness (QED) is 0.125. The molecule has 0 radical (unpaired) electrons. The van der Waals surface area contributed by atoms with Crippen LogP contribution in [-0.2, 0) is 22.3 Å². The summed E-state index contributed by atoms with van der Waals surface area (Å²) in [6.07, 6.45) is 1.13. The summed E-state index contributed by atoms with van der Waals surface area (Å²) in [7, 11) is 0. The van der Waals surface area contributed by atoms with Gasteiger partial charge in [0.05, 0.1) is 6.61 Å². The Labute approximate surface area is 301 Å². The van der Waals surface area contributed by atoms with Crippen LogP contribution in [0.4, 0.5) is 0 Å². The topological polar surface area (TPSA) is 82.2 Å². The van der Waals surface area contributed by atoms with E-state index in [1.165, 1.54) is 22.3 Å². The third-order valence-electron chi connectivity index (χ3n) is 7.12. The van der Waals surface area contributed by atoms with E-state index in [2.05, 4.69) is 24.3 Å². The zero-order valence-corrected chi connectivity index (χ0v) is 31.7. The van der Waals surface area contributed by atoms with Crippen LogP contribution in [0.1, 0.15) is 84.6 Å². The van der Waals surface area contributed by atoms with Crippen molar-refractivity contribution >= 4 is 0 Å². The molecule has 274 valence electrons. The second-order valence-electron chi connectivity index (χ2n) is 11.0. The summed E-state index contributed by atoms with van der Waals surface area (Å²) in [6.45, 7) is 20.3. The van der Waals surface area contributed by atoms with Crippen LogP contribution in [-0.4, -0.2) is 56.1 Å². The molecule has 2 fully saturated rings. The van der Waals surface area contributed by atoms with Crippen LogP contribution in [0, 0.1) is 0 Å². The van der Waals surface area contributed by atoms with Gasteiger partial charge in [-0.2, -0.15) is 0 Å². The normalized spacial score (nSPS) is 16.9. The molecule has 2 saturated heterocycles. The fourth-order valence-electron chi connectivity index (χ4n) is 4.45. The Hall–Kier alpha value is -4.04. The number of aliphatic hydroxyl groups excluding tert-OH is 1. The van der Waals surface area contributed by atoms with Gasteiger partial charge in [-0.05, 0) is 83.6 Å². The highest BCUT2D eigenvalue weighted by Crippen LogP contribution is 2.30. The number of epoxide rings is 2. The standard InChI is InChI=1S/C35H36O7.4C2H6/c1-35(24-41-35)42-33-16-8-28(9-17-33)19-26-4-12-31(13-5-26)38-21-29(36)20-37-30-10-2-25(3-11-30)18-27-6-14-32(15-7-27)39-22-34-23-40-34;4*1-2/h2-17,29,34,36H,18-24H2,1H3;4*1-2H3. The van der Waals surface area contributed by atoms with E-state index in [0.717, 1.165) is 30.9 Å². The highest BCUT2D eigenvalue weighted by Gasteiger charge is 2.42. The van der Waals surface area contributed by atoms with Gasteiger partial charge in [-0.25, -0.2) is 0 Å². The van der Waals surface area contributed by atoms with Gasteiger partial charge in [-0.3, -0.25) is 0 Å². The van der Waals surface area contributed by atoms with Gasteiger partial charge in [0, 0.05) is 6.92 Å². The molecule has 3 unspecified atom stereocenters.